The molecule has 94 valence electrons. The average Bonchev–Trinajstić information content (AvgIpc) is 2.37. The summed E-state index contributed by atoms with van der Waals surface area (Å²) in [7, 11) is 0. The Morgan fingerprint density at radius 3 is 2.35 bits per heavy atom. The van der Waals surface area contributed by atoms with Crippen LogP contribution in [0.2, 0.25) is 0 Å². The van der Waals surface area contributed by atoms with Crippen molar-refractivity contribution >= 4 is 5.91 Å². The molecule has 0 aliphatic rings. The zero-order chi connectivity index (χ0) is 12.7. The number of aliphatic hydroxyl groups is 1. The molecule has 1 amide bonds. The Hall–Kier alpha value is -1.35. The molecule has 1 aromatic rings. The number of nitrogens with one attached hydrogen (secondary N) is 1. The number of amides is 1. The van der Waals surface area contributed by atoms with Crippen LogP contribution in [0.5, 0.6) is 0 Å². The van der Waals surface area contributed by atoms with E-state index in [1.165, 1.54) is 0 Å². The maximum Gasteiger partial charge on any atom is 0.223 e. The first kappa shape index (κ1) is 13.7. The molecular weight excluding hydrogens is 214 g/mol. The Morgan fingerprint density at radius 2 is 1.82 bits per heavy atom. The van der Waals surface area contributed by atoms with Gasteiger partial charge >= 0.3 is 0 Å². The number of hydrogen-bond donors (Lipinski definition) is 2. The van der Waals surface area contributed by atoms with Crippen molar-refractivity contribution in [3.63, 3.8) is 0 Å². The second kappa shape index (κ2) is 6.40. The smallest absolute Gasteiger partial charge is 0.223 e. The van der Waals surface area contributed by atoms with Gasteiger partial charge < -0.3 is 10.4 Å². The molecule has 0 heterocycles. The first-order chi connectivity index (χ1) is 8.09. The van der Waals surface area contributed by atoms with Gasteiger partial charge in [0.2, 0.25) is 5.91 Å². The molecule has 0 aliphatic heterocycles. The van der Waals surface area contributed by atoms with Gasteiger partial charge in [-0.1, -0.05) is 44.2 Å². The lowest BCUT2D eigenvalue weighted by Gasteiger charge is -2.24. The molecule has 0 atom stereocenters. The number of carbonyl (C=O) groups excluding carboxylic acids is 1. The van der Waals surface area contributed by atoms with E-state index in [4.69, 9.17) is 0 Å². The summed E-state index contributed by atoms with van der Waals surface area (Å²) in [4.78, 5) is 11.7. The summed E-state index contributed by atoms with van der Waals surface area (Å²) in [5, 5.41) is 12.9. The molecule has 3 heteroatoms. The summed E-state index contributed by atoms with van der Waals surface area (Å²) in [6.45, 7) is 4.31. The van der Waals surface area contributed by atoms with Crippen LogP contribution in [0.1, 0.15) is 38.7 Å². The fraction of sp³-hybridized carbons (Fsp3) is 0.500. The van der Waals surface area contributed by atoms with Gasteiger partial charge in [0.25, 0.3) is 0 Å². The van der Waals surface area contributed by atoms with E-state index in [1.54, 1.807) is 0 Å². The molecule has 17 heavy (non-hydrogen) atoms. The molecule has 0 saturated carbocycles. The first-order valence-electron chi connectivity index (χ1n) is 6.12. The molecule has 0 unspecified atom stereocenters. The quantitative estimate of drug-likeness (QED) is 0.794. The molecule has 1 aromatic carbocycles. The minimum Gasteiger partial charge on any atom is -0.389 e. The van der Waals surface area contributed by atoms with Gasteiger partial charge in [0.05, 0.1) is 12.0 Å². The van der Waals surface area contributed by atoms with Crippen LogP contribution in [0.3, 0.4) is 0 Å². The highest BCUT2D eigenvalue weighted by atomic mass is 16.3. The van der Waals surface area contributed by atoms with E-state index in [2.05, 4.69) is 5.32 Å². The topological polar surface area (TPSA) is 49.3 Å². The Kier molecular flexibility index (Phi) is 5.16. The molecule has 0 radical (unpaired) electrons. The molecule has 1 rings (SSSR count). The lowest BCUT2D eigenvalue weighted by Crippen LogP contribution is -2.35. The molecule has 0 aliphatic carbocycles. The van der Waals surface area contributed by atoms with Crippen LogP contribution in [0.4, 0.5) is 0 Å². The van der Waals surface area contributed by atoms with Crippen LogP contribution >= 0.6 is 0 Å². The van der Waals surface area contributed by atoms with Crippen LogP contribution in [-0.2, 0) is 11.3 Å². The van der Waals surface area contributed by atoms with Crippen molar-refractivity contribution in [2.75, 3.05) is 0 Å². The molecule has 0 bridgehead atoms. The highest BCUT2D eigenvalue weighted by molar-refractivity contribution is 5.76. The third kappa shape index (κ3) is 4.57. The first-order valence-corrected chi connectivity index (χ1v) is 6.12. The summed E-state index contributed by atoms with van der Waals surface area (Å²) in [5.74, 6) is -0.0972. The SMILES string of the molecule is CCC(O)(CC)CC(=O)NCc1ccccc1. The summed E-state index contributed by atoms with van der Waals surface area (Å²) < 4.78 is 0. The van der Waals surface area contributed by atoms with Crippen molar-refractivity contribution in [3.05, 3.63) is 35.9 Å². The van der Waals surface area contributed by atoms with Gasteiger partial charge in [-0.25, -0.2) is 0 Å². The molecule has 0 aromatic heterocycles. The molecule has 2 N–H and O–H groups in total. The Labute approximate surface area is 103 Å². The maximum absolute atomic E-state index is 11.7. The van der Waals surface area contributed by atoms with Crippen LogP contribution in [0.15, 0.2) is 30.3 Å². The number of benzene rings is 1. The lowest BCUT2D eigenvalue weighted by atomic mass is 9.93. The van der Waals surface area contributed by atoms with E-state index >= 15 is 0 Å². The second-order valence-corrected chi connectivity index (χ2v) is 4.37. The van der Waals surface area contributed by atoms with Crippen molar-refractivity contribution in [2.45, 2.75) is 45.3 Å². The van der Waals surface area contributed by atoms with Crippen LogP contribution < -0.4 is 5.32 Å². The predicted octanol–water partition coefficient (Wildman–Crippen LogP) is 2.24. The van der Waals surface area contributed by atoms with Crippen molar-refractivity contribution in [2.24, 2.45) is 0 Å². The fourth-order valence-corrected chi connectivity index (χ4v) is 1.66. The monoisotopic (exact) mass is 235 g/mol. The molecule has 0 fully saturated rings. The third-order valence-electron chi connectivity index (χ3n) is 3.14. The zero-order valence-electron chi connectivity index (χ0n) is 10.6. The highest BCUT2D eigenvalue weighted by Gasteiger charge is 2.25. The fourth-order valence-electron chi connectivity index (χ4n) is 1.66. The maximum atomic E-state index is 11.7. The minimum absolute atomic E-state index is 0.0972. The van der Waals surface area contributed by atoms with E-state index < -0.39 is 5.60 Å². The number of rotatable bonds is 6. The van der Waals surface area contributed by atoms with Crippen LogP contribution in [-0.4, -0.2) is 16.6 Å². The van der Waals surface area contributed by atoms with Gasteiger partial charge in [-0.15, -0.1) is 0 Å². The Bertz CT molecular complexity index is 344. The highest BCUT2D eigenvalue weighted by Crippen LogP contribution is 2.18. The van der Waals surface area contributed by atoms with Gasteiger partial charge in [-0.3, -0.25) is 4.79 Å². The van der Waals surface area contributed by atoms with Gasteiger partial charge in [-0.05, 0) is 18.4 Å². The van der Waals surface area contributed by atoms with Gasteiger partial charge in [0.1, 0.15) is 0 Å². The summed E-state index contributed by atoms with van der Waals surface area (Å²) >= 11 is 0. The second-order valence-electron chi connectivity index (χ2n) is 4.37. The van der Waals surface area contributed by atoms with E-state index in [1.807, 2.05) is 44.2 Å². The standard InChI is InChI=1S/C14H21NO2/c1-3-14(17,4-2)10-13(16)15-11-12-8-6-5-7-9-12/h5-9,17H,3-4,10-11H2,1-2H3,(H,15,16). The van der Waals surface area contributed by atoms with Gasteiger partial charge in [-0.2, -0.15) is 0 Å². The lowest BCUT2D eigenvalue weighted by molar-refractivity contribution is -0.126. The largest absolute Gasteiger partial charge is 0.389 e. The molecule has 0 spiro atoms. The molecule has 3 nitrogen and oxygen atoms in total. The average molecular weight is 235 g/mol. The minimum atomic E-state index is -0.860. The number of carbonyl (C=O) groups is 1. The van der Waals surface area contributed by atoms with Crippen LogP contribution in [0, 0.1) is 0 Å². The van der Waals surface area contributed by atoms with Crippen molar-refractivity contribution in [1.82, 2.24) is 5.32 Å². The van der Waals surface area contributed by atoms with E-state index in [-0.39, 0.29) is 12.3 Å². The van der Waals surface area contributed by atoms with Crippen LogP contribution in [0.25, 0.3) is 0 Å². The Balaban J connectivity index is 2.40. The van der Waals surface area contributed by atoms with Crippen molar-refractivity contribution in [1.29, 1.82) is 0 Å². The van der Waals surface area contributed by atoms with Crippen molar-refractivity contribution in [3.8, 4) is 0 Å². The van der Waals surface area contributed by atoms with Gasteiger partial charge in [0, 0.05) is 6.54 Å². The van der Waals surface area contributed by atoms with E-state index in [0.717, 1.165) is 5.56 Å². The van der Waals surface area contributed by atoms with Gasteiger partial charge in [0.15, 0.2) is 0 Å². The molecular formula is C14H21NO2. The summed E-state index contributed by atoms with van der Waals surface area (Å²) in [5.41, 5.74) is 0.207. The third-order valence-corrected chi connectivity index (χ3v) is 3.14. The Morgan fingerprint density at radius 1 is 1.24 bits per heavy atom. The van der Waals surface area contributed by atoms with E-state index in [0.29, 0.717) is 19.4 Å². The number of hydrogen-bond acceptors (Lipinski definition) is 2. The summed E-state index contributed by atoms with van der Waals surface area (Å²) in [6.07, 6.45) is 1.37. The van der Waals surface area contributed by atoms with Crippen molar-refractivity contribution < 1.29 is 9.90 Å². The normalized spacial score (nSPS) is 11.2. The predicted molar refractivity (Wildman–Crippen MR) is 68.4 cm³/mol. The molecule has 0 saturated heterocycles. The van der Waals surface area contributed by atoms with E-state index in [9.17, 15) is 9.90 Å². The summed E-state index contributed by atoms with van der Waals surface area (Å²) in [6, 6.07) is 9.75. The zero-order valence-corrected chi connectivity index (χ0v) is 10.6.